The van der Waals surface area contributed by atoms with Gasteiger partial charge in [0.05, 0.1) is 11.5 Å². The molecule has 0 saturated carbocycles. The molecule has 2 aromatic carbocycles. The Bertz CT molecular complexity index is 882. The second kappa shape index (κ2) is 6.94. The van der Waals surface area contributed by atoms with Crippen LogP contribution >= 0.6 is 11.6 Å². The van der Waals surface area contributed by atoms with Gasteiger partial charge in [0, 0.05) is 18.1 Å². The first-order valence-corrected chi connectivity index (χ1v) is 8.62. The van der Waals surface area contributed by atoms with Crippen molar-refractivity contribution in [2.24, 2.45) is 0 Å². The number of halogens is 2. The highest BCUT2D eigenvalue weighted by Gasteiger charge is 2.28. The summed E-state index contributed by atoms with van der Waals surface area (Å²) in [4.78, 5) is 2.34. The molecule has 4 rings (SSSR count). The Morgan fingerprint density at radius 1 is 1.16 bits per heavy atom. The molecule has 0 radical (unpaired) electrons. The largest absolute Gasteiger partial charge is 0.420 e. The van der Waals surface area contributed by atoms with Crippen LogP contribution < -0.4 is 0 Å². The maximum absolute atomic E-state index is 13.9. The van der Waals surface area contributed by atoms with E-state index in [9.17, 15) is 4.39 Å². The Kier molecular flexibility index (Phi) is 4.51. The molecule has 25 heavy (non-hydrogen) atoms. The lowest BCUT2D eigenvalue weighted by Crippen LogP contribution is -2.19. The predicted molar refractivity (Wildman–Crippen MR) is 93.8 cm³/mol. The van der Waals surface area contributed by atoms with E-state index in [0.717, 1.165) is 31.1 Å². The van der Waals surface area contributed by atoms with E-state index in [0.29, 0.717) is 11.5 Å². The Labute approximate surface area is 150 Å². The van der Waals surface area contributed by atoms with Crippen molar-refractivity contribution in [1.29, 1.82) is 0 Å². The lowest BCUT2D eigenvalue weighted by Gasteiger charge is -2.15. The lowest BCUT2D eigenvalue weighted by molar-refractivity contribution is 0.320. The van der Waals surface area contributed by atoms with Crippen molar-refractivity contribution in [3.8, 4) is 11.5 Å². The summed E-state index contributed by atoms with van der Waals surface area (Å²) in [5.41, 5.74) is 1.53. The molecule has 0 bridgehead atoms. The molecular weight excluding hydrogens is 341 g/mol. The fourth-order valence-electron chi connectivity index (χ4n) is 3.21. The van der Waals surface area contributed by atoms with Crippen LogP contribution in [0.4, 0.5) is 4.39 Å². The second-order valence-electron chi connectivity index (χ2n) is 6.28. The number of aromatic nitrogens is 2. The quantitative estimate of drug-likeness (QED) is 0.688. The van der Waals surface area contributed by atoms with Crippen LogP contribution in [0.2, 0.25) is 5.02 Å². The van der Waals surface area contributed by atoms with E-state index in [2.05, 4.69) is 21.2 Å². The van der Waals surface area contributed by atoms with E-state index >= 15 is 0 Å². The van der Waals surface area contributed by atoms with Gasteiger partial charge < -0.3 is 4.42 Å². The molecule has 1 saturated heterocycles. The topological polar surface area (TPSA) is 42.2 Å². The van der Waals surface area contributed by atoms with Crippen molar-refractivity contribution >= 4 is 11.6 Å². The molecule has 3 aromatic rings. The van der Waals surface area contributed by atoms with Gasteiger partial charge in [-0.15, -0.1) is 10.2 Å². The molecule has 0 aliphatic carbocycles. The van der Waals surface area contributed by atoms with Gasteiger partial charge in [0.1, 0.15) is 5.82 Å². The van der Waals surface area contributed by atoms with Crippen LogP contribution in [0.5, 0.6) is 0 Å². The predicted octanol–water partition coefficient (Wildman–Crippen LogP) is 4.52. The van der Waals surface area contributed by atoms with Crippen LogP contribution in [0.1, 0.15) is 23.8 Å². The summed E-state index contributed by atoms with van der Waals surface area (Å²) in [5.74, 6) is 0.632. The highest BCUT2D eigenvalue weighted by Crippen LogP contribution is 2.30. The number of benzene rings is 2. The Morgan fingerprint density at radius 2 is 2.04 bits per heavy atom. The third kappa shape index (κ3) is 3.57. The van der Waals surface area contributed by atoms with Gasteiger partial charge in [-0.05, 0) is 42.8 Å². The summed E-state index contributed by atoms with van der Waals surface area (Å²) in [7, 11) is 0. The summed E-state index contributed by atoms with van der Waals surface area (Å²) in [5, 5.41) is 8.91. The van der Waals surface area contributed by atoms with Crippen LogP contribution in [0, 0.1) is 5.82 Å². The molecule has 0 amide bonds. The van der Waals surface area contributed by atoms with E-state index < -0.39 is 0 Å². The first kappa shape index (κ1) is 16.2. The zero-order valence-electron chi connectivity index (χ0n) is 13.5. The SMILES string of the molecule is Fc1ccccc1-c1nnc(C2CCN(Cc3cccc(Cl)c3)C2)o1. The van der Waals surface area contributed by atoms with Crippen molar-refractivity contribution in [3.63, 3.8) is 0 Å². The Balaban J connectivity index is 1.45. The smallest absolute Gasteiger partial charge is 0.250 e. The van der Waals surface area contributed by atoms with Crippen molar-refractivity contribution in [1.82, 2.24) is 15.1 Å². The highest BCUT2D eigenvalue weighted by molar-refractivity contribution is 6.30. The monoisotopic (exact) mass is 357 g/mol. The normalized spacial score (nSPS) is 17.9. The average Bonchev–Trinajstić information content (AvgIpc) is 3.24. The average molecular weight is 358 g/mol. The van der Waals surface area contributed by atoms with E-state index in [1.54, 1.807) is 18.2 Å². The molecule has 128 valence electrons. The van der Waals surface area contributed by atoms with Crippen LogP contribution in [0.15, 0.2) is 52.9 Å². The molecular formula is C19H17ClFN3O. The van der Waals surface area contributed by atoms with E-state index in [4.69, 9.17) is 16.0 Å². The van der Waals surface area contributed by atoms with Gasteiger partial charge in [0.15, 0.2) is 0 Å². The maximum atomic E-state index is 13.9. The highest BCUT2D eigenvalue weighted by atomic mass is 35.5. The zero-order chi connectivity index (χ0) is 17.2. The molecule has 6 heteroatoms. The number of nitrogens with zero attached hydrogens (tertiary/aromatic N) is 3. The van der Waals surface area contributed by atoms with Gasteiger partial charge in [-0.3, -0.25) is 4.90 Å². The summed E-state index contributed by atoms with van der Waals surface area (Å²) in [6, 6.07) is 14.3. The molecule has 1 atom stereocenters. The minimum Gasteiger partial charge on any atom is -0.420 e. The molecule has 1 fully saturated rings. The number of rotatable bonds is 4. The molecule has 0 N–H and O–H groups in total. The molecule has 4 nitrogen and oxygen atoms in total. The molecule has 1 unspecified atom stereocenters. The number of likely N-dealkylation sites (tertiary alicyclic amines) is 1. The van der Waals surface area contributed by atoms with Crippen molar-refractivity contribution < 1.29 is 8.81 Å². The van der Waals surface area contributed by atoms with Crippen LogP contribution in [-0.2, 0) is 6.54 Å². The molecule has 1 aliphatic heterocycles. The molecule has 2 heterocycles. The third-order valence-electron chi connectivity index (χ3n) is 4.46. The minimum absolute atomic E-state index is 0.173. The van der Waals surface area contributed by atoms with Gasteiger partial charge in [-0.2, -0.15) is 0 Å². The van der Waals surface area contributed by atoms with Gasteiger partial charge in [0.25, 0.3) is 5.89 Å². The maximum Gasteiger partial charge on any atom is 0.250 e. The standard InChI is InChI=1S/C19H17ClFN3O/c20-15-5-3-4-13(10-15)11-24-9-8-14(12-24)18-22-23-19(25-18)16-6-1-2-7-17(16)21/h1-7,10,14H,8-9,11-12H2. The summed E-state index contributed by atoms with van der Waals surface area (Å²) in [6.07, 6.45) is 0.944. The van der Waals surface area contributed by atoms with Crippen LogP contribution in [-0.4, -0.2) is 28.2 Å². The second-order valence-corrected chi connectivity index (χ2v) is 6.71. The fourth-order valence-corrected chi connectivity index (χ4v) is 3.43. The van der Waals surface area contributed by atoms with E-state index in [1.165, 1.54) is 11.6 Å². The minimum atomic E-state index is -0.355. The van der Waals surface area contributed by atoms with Gasteiger partial charge >= 0.3 is 0 Å². The number of hydrogen-bond acceptors (Lipinski definition) is 4. The third-order valence-corrected chi connectivity index (χ3v) is 4.70. The summed E-state index contributed by atoms with van der Waals surface area (Å²) < 4.78 is 19.6. The molecule has 1 aliphatic rings. The van der Waals surface area contributed by atoms with Gasteiger partial charge in [-0.25, -0.2) is 4.39 Å². The summed E-state index contributed by atoms with van der Waals surface area (Å²) in [6.45, 7) is 2.63. The lowest BCUT2D eigenvalue weighted by atomic mass is 10.1. The van der Waals surface area contributed by atoms with Crippen molar-refractivity contribution in [3.05, 3.63) is 70.8 Å². The first-order valence-electron chi connectivity index (χ1n) is 8.24. The van der Waals surface area contributed by atoms with Crippen molar-refractivity contribution in [2.75, 3.05) is 13.1 Å². The molecule has 0 spiro atoms. The Morgan fingerprint density at radius 3 is 2.88 bits per heavy atom. The van der Waals surface area contributed by atoms with Crippen LogP contribution in [0.3, 0.4) is 0 Å². The van der Waals surface area contributed by atoms with Gasteiger partial charge in [0.2, 0.25) is 5.89 Å². The summed E-state index contributed by atoms with van der Waals surface area (Å²) >= 11 is 6.05. The Hall–Kier alpha value is -2.24. The zero-order valence-corrected chi connectivity index (χ0v) is 14.3. The van der Waals surface area contributed by atoms with Crippen LogP contribution in [0.25, 0.3) is 11.5 Å². The van der Waals surface area contributed by atoms with E-state index in [-0.39, 0.29) is 17.6 Å². The first-order chi connectivity index (χ1) is 12.2. The number of hydrogen-bond donors (Lipinski definition) is 0. The fraction of sp³-hybridized carbons (Fsp3) is 0.263. The van der Waals surface area contributed by atoms with E-state index in [1.807, 2.05) is 18.2 Å². The van der Waals surface area contributed by atoms with Gasteiger partial charge in [-0.1, -0.05) is 35.9 Å². The molecule has 1 aromatic heterocycles. The van der Waals surface area contributed by atoms with Crippen molar-refractivity contribution in [2.45, 2.75) is 18.9 Å².